The quantitative estimate of drug-likeness (QED) is 0.654. The molecular formula is C14H11BrN2O2S. The van der Waals surface area contributed by atoms with Crippen LogP contribution in [0, 0.1) is 0 Å². The molecule has 6 heteroatoms. The number of fused-ring (bicyclic) bond motifs is 1. The molecule has 0 amide bonds. The van der Waals surface area contributed by atoms with E-state index in [4.69, 9.17) is 9.47 Å². The standard InChI is InChI=1S/C14H11BrN2O2S/c15-10-2-1-3-11(8-10)18-5-6-19-13-12-4-7-20-14(12)17-9-16-13/h1-4,7-9H,5-6H2. The van der Waals surface area contributed by atoms with Crippen LogP contribution in [0.2, 0.25) is 0 Å². The van der Waals surface area contributed by atoms with Gasteiger partial charge in [-0.25, -0.2) is 9.97 Å². The van der Waals surface area contributed by atoms with Gasteiger partial charge in [-0.2, -0.15) is 0 Å². The number of nitrogens with zero attached hydrogens (tertiary/aromatic N) is 2. The second-order valence-electron chi connectivity index (χ2n) is 3.97. The maximum Gasteiger partial charge on any atom is 0.225 e. The molecule has 0 fully saturated rings. The predicted octanol–water partition coefficient (Wildman–Crippen LogP) is 3.91. The van der Waals surface area contributed by atoms with Gasteiger partial charge in [0.05, 0.1) is 5.39 Å². The van der Waals surface area contributed by atoms with Gasteiger partial charge in [-0.1, -0.05) is 22.0 Å². The van der Waals surface area contributed by atoms with Crippen molar-refractivity contribution < 1.29 is 9.47 Å². The third kappa shape index (κ3) is 3.08. The summed E-state index contributed by atoms with van der Waals surface area (Å²) in [5.74, 6) is 1.42. The third-order valence-electron chi connectivity index (χ3n) is 2.61. The van der Waals surface area contributed by atoms with E-state index < -0.39 is 0 Å². The van der Waals surface area contributed by atoms with E-state index in [0.29, 0.717) is 19.1 Å². The SMILES string of the molecule is Brc1cccc(OCCOc2ncnc3sccc23)c1. The zero-order valence-electron chi connectivity index (χ0n) is 10.5. The number of ether oxygens (including phenoxy) is 2. The van der Waals surface area contributed by atoms with E-state index in [9.17, 15) is 0 Å². The van der Waals surface area contributed by atoms with Crippen LogP contribution in [-0.2, 0) is 0 Å². The Bertz CT molecular complexity index is 717. The van der Waals surface area contributed by atoms with Crippen LogP contribution in [0.25, 0.3) is 10.2 Å². The van der Waals surface area contributed by atoms with Crippen molar-refractivity contribution in [1.29, 1.82) is 0 Å². The molecule has 0 saturated carbocycles. The highest BCUT2D eigenvalue weighted by atomic mass is 79.9. The lowest BCUT2D eigenvalue weighted by molar-refractivity contribution is 0.213. The lowest BCUT2D eigenvalue weighted by atomic mass is 10.3. The van der Waals surface area contributed by atoms with Crippen molar-refractivity contribution in [3.8, 4) is 11.6 Å². The van der Waals surface area contributed by atoms with Gasteiger partial charge in [0.1, 0.15) is 30.1 Å². The summed E-state index contributed by atoms with van der Waals surface area (Å²) in [4.78, 5) is 9.26. The van der Waals surface area contributed by atoms with Gasteiger partial charge < -0.3 is 9.47 Å². The molecule has 0 aliphatic heterocycles. The Hall–Kier alpha value is -1.66. The summed E-state index contributed by atoms with van der Waals surface area (Å²) in [6.07, 6.45) is 1.52. The van der Waals surface area contributed by atoms with Crippen LogP contribution >= 0.6 is 27.3 Å². The molecule has 0 atom stereocenters. The monoisotopic (exact) mass is 350 g/mol. The topological polar surface area (TPSA) is 44.2 Å². The van der Waals surface area contributed by atoms with Gasteiger partial charge in [0.2, 0.25) is 5.88 Å². The molecule has 0 N–H and O–H groups in total. The molecule has 1 aromatic carbocycles. The molecule has 2 aromatic heterocycles. The van der Waals surface area contributed by atoms with E-state index in [1.54, 1.807) is 11.3 Å². The first-order valence-corrected chi connectivity index (χ1v) is 7.69. The molecule has 0 spiro atoms. The minimum absolute atomic E-state index is 0.439. The van der Waals surface area contributed by atoms with Gasteiger partial charge >= 0.3 is 0 Å². The summed E-state index contributed by atoms with van der Waals surface area (Å²) in [6.45, 7) is 0.903. The fourth-order valence-corrected chi connectivity index (χ4v) is 2.84. The van der Waals surface area contributed by atoms with Crippen molar-refractivity contribution in [2.75, 3.05) is 13.2 Å². The van der Waals surface area contributed by atoms with Crippen LogP contribution < -0.4 is 9.47 Å². The van der Waals surface area contributed by atoms with E-state index in [-0.39, 0.29) is 0 Å². The van der Waals surface area contributed by atoms with Crippen LogP contribution in [0.3, 0.4) is 0 Å². The summed E-state index contributed by atoms with van der Waals surface area (Å²) in [5, 5.41) is 2.92. The number of rotatable bonds is 5. The largest absolute Gasteiger partial charge is 0.490 e. The van der Waals surface area contributed by atoms with Crippen molar-refractivity contribution in [2.24, 2.45) is 0 Å². The van der Waals surface area contributed by atoms with Crippen LogP contribution in [0.5, 0.6) is 11.6 Å². The van der Waals surface area contributed by atoms with Gasteiger partial charge in [-0.05, 0) is 29.6 Å². The maximum absolute atomic E-state index is 5.65. The molecular weight excluding hydrogens is 340 g/mol. The maximum atomic E-state index is 5.65. The van der Waals surface area contributed by atoms with E-state index in [0.717, 1.165) is 20.4 Å². The summed E-state index contributed by atoms with van der Waals surface area (Å²) in [6, 6.07) is 9.68. The van der Waals surface area contributed by atoms with Gasteiger partial charge in [-0.15, -0.1) is 11.3 Å². The first kappa shape index (κ1) is 13.3. The first-order valence-electron chi connectivity index (χ1n) is 6.02. The predicted molar refractivity (Wildman–Crippen MR) is 82.5 cm³/mol. The molecule has 3 rings (SSSR count). The summed E-state index contributed by atoms with van der Waals surface area (Å²) >= 11 is 4.98. The van der Waals surface area contributed by atoms with Crippen molar-refractivity contribution in [3.63, 3.8) is 0 Å². The number of hydrogen-bond donors (Lipinski definition) is 0. The highest BCUT2D eigenvalue weighted by Gasteiger charge is 2.05. The smallest absolute Gasteiger partial charge is 0.225 e. The third-order valence-corrected chi connectivity index (χ3v) is 3.93. The Morgan fingerprint density at radius 2 is 2.00 bits per heavy atom. The van der Waals surface area contributed by atoms with Gasteiger partial charge in [0.25, 0.3) is 0 Å². The van der Waals surface area contributed by atoms with Crippen molar-refractivity contribution in [3.05, 3.63) is 46.5 Å². The minimum Gasteiger partial charge on any atom is -0.490 e. The highest BCUT2D eigenvalue weighted by molar-refractivity contribution is 9.10. The average Bonchev–Trinajstić information content (AvgIpc) is 2.93. The molecule has 0 saturated heterocycles. The number of thiophene rings is 1. The Balaban J connectivity index is 1.56. The molecule has 102 valence electrons. The van der Waals surface area contributed by atoms with Crippen molar-refractivity contribution >= 4 is 37.5 Å². The molecule has 0 unspecified atom stereocenters. The molecule has 0 radical (unpaired) electrons. The summed E-state index contributed by atoms with van der Waals surface area (Å²) in [5.41, 5.74) is 0. The number of benzene rings is 1. The Morgan fingerprint density at radius 3 is 2.90 bits per heavy atom. The van der Waals surface area contributed by atoms with E-state index in [1.807, 2.05) is 35.7 Å². The first-order chi connectivity index (χ1) is 9.83. The fourth-order valence-electron chi connectivity index (χ4n) is 1.74. The zero-order chi connectivity index (χ0) is 13.8. The zero-order valence-corrected chi connectivity index (χ0v) is 12.9. The van der Waals surface area contributed by atoms with E-state index in [1.165, 1.54) is 6.33 Å². The van der Waals surface area contributed by atoms with Gasteiger partial charge in [-0.3, -0.25) is 0 Å². The van der Waals surface area contributed by atoms with Crippen molar-refractivity contribution in [1.82, 2.24) is 9.97 Å². The second kappa shape index (κ2) is 6.19. The summed E-state index contributed by atoms with van der Waals surface area (Å²) in [7, 11) is 0. The molecule has 0 bridgehead atoms. The van der Waals surface area contributed by atoms with Crippen molar-refractivity contribution in [2.45, 2.75) is 0 Å². The van der Waals surface area contributed by atoms with Crippen LogP contribution in [-0.4, -0.2) is 23.2 Å². The van der Waals surface area contributed by atoms with Gasteiger partial charge in [0, 0.05) is 4.47 Å². The molecule has 20 heavy (non-hydrogen) atoms. The molecule has 0 aliphatic carbocycles. The van der Waals surface area contributed by atoms with Crippen LogP contribution in [0.1, 0.15) is 0 Å². The molecule has 0 aliphatic rings. The minimum atomic E-state index is 0.439. The molecule has 3 aromatic rings. The Morgan fingerprint density at radius 1 is 1.10 bits per heavy atom. The van der Waals surface area contributed by atoms with E-state index >= 15 is 0 Å². The van der Waals surface area contributed by atoms with Gasteiger partial charge in [0.15, 0.2) is 0 Å². The number of hydrogen-bond acceptors (Lipinski definition) is 5. The fraction of sp³-hybridized carbons (Fsp3) is 0.143. The number of aromatic nitrogens is 2. The number of halogens is 1. The van der Waals surface area contributed by atoms with Crippen LogP contribution in [0.4, 0.5) is 0 Å². The summed E-state index contributed by atoms with van der Waals surface area (Å²) < 4.78 is 12.2. The van der Waals surface area contributed by atoms with E-state index in [2.05, 4.69) is 25.9 Å². The Kier molecular flexibility index (Phi) is 4.13. The molecule has 4 nitrogen and oxygen atoms in total. The normalized spacial score (nSPS) is 10.7. The lowest BCUT2D eigenvalue weighted by Crippen LogP contribution is -2.09. The highest BCUT2D eigenvalue weighted by Crippen LogP contribution is 2.25. The van der Waals surface area contributed by atoms with Crippen LogP contribution in [0.15, 0.2) is 46.5 Å². The molecule has 2 heterocycles. The average molecular weight is 351 g/mol. The Labute approximate surface area is 128 Å². The second-order valence-corrected chi connectivity index (χ2v) is 5.78. The lowest BCUT2D eigenvalue weighted by Gasteiger charge is -2.08.